The van der Waals surface area contributed by atoms with Gasteiger partial charge in [0, 0.05) is 19.1 Å². The van der Waals surface area contributed by atoms with E-state index >= 15 is 0 Å². The van der Waals surface area contributed by atoms with Crippen molar-refractivity contribution in [1.82, 2.24) is 20.8 Å². The summed E-state index contributed by atoms with van der Waals surface area (Å²) in [6, 6.07) is 0.224. The highest BCUT2D eigenvalue weighted by molar-refractivity contribution is 5.84. The van der Waals surface area contributed by atoms with Crippen molar-refractivity contribution in [3.05, 3.63) is 5.89 Å². The third-order valence-electron chi connectivity index (χ3n) is 3.52. The van der Waals surface area contributed by atoms with Crippen molar-refractivity contribution in [3.8, 4) is 0 Å². The van der Waals surface area contributed by atoms with Crippen LogP contribution in [0.15, 0.2) is 4.42 Å². The number of nitrogens with zero attached hydrogens (tertiary/aromatic N) is 3. The molecule has 1 aromatic heterocycles. The quantitative estimate of drug-likeness (QED) is 0.864. The van der Waals surface area contributed by atoms with E-state index in [0.29, 0.717) is 18.5 Å². The zero-order chi connectivity index (χ0) is 15.5. The Morgan fingerprint density at radius 3 is 2.81 bits per heavy atom. The van der Waals surface area contributed by atoms with E-state index in [9.17, 15) is 4.79 Å². The highest BCUT2D eigenvalue weighted by atomic mass is 16.4. The topological polar surface area (TPSA) is 83.3 Å². The van der Waals surface area contributed by atoms with Crippen LogP contribution in [0.4, 0.5) is 6.01 Å². The maximum Gasteiger partial charge on any atom is 0.318 e. The fourth-order valence-corrected chi connectivity index (χ4v) is 2.37. The van der Waals surface area contributed by atoms with Crippen LogP contribution in [0.3, 0.4) is 0 Å². The molecular weight excluding hydrogens is 270 g/mol. The summed E-state index contributed by atoms with van der Waals surface area (Å²) in [5, 5.41) is 14.2. The number of hydrogen-bond donors (Lipinski definition) is 2. The van der Waals surface area contributed by atoms with Gasteiger partial charge >= 0.3 is 6.01 Å². The summed E-state index contributed by atoms with van der Waals surface area (Å²) in [4.78, 5) is 13.9. The Balaban J connectivity index is 2.06. The lowest BCUT2D eigenvalue weighted by molar-refractivity contribution is -0.122. The number of aromatic nitrogens is 2. The van der Waals surface area contributed by atoms with Gasteiger partial charge in [-0.3, -0.25) is 4.79 Å². The van der Waals surface area contributed by atoms with E-state index in [4.69, 9.17) is 4.42 Å². The van der Waals surface area contributed by atoms with E-state index in [-0.39, 0.29) is 17.5 Å². The molecule has 0 bridgehead atoms. The van der Waals surface area contributed by atoms with Crippen LogP contribution in [0.5, 0.6) is 0 Å². The highest BCUT2D eigenvalue weighted by Crippen LogP contribution is 2.23. The van der Waals surface area contributed by atoms with Crippen LogP contribution >= 0.6 is 0 Å². The number of nitrogens with one attached hydrogen (secondary N) is 2. The first-order valence-corrected chi connectivity index (χ1v) is 7.46. The van der Waals surface area contributed by atoms with Crippen LogP contribution in [0.1, 0.15) is 45.9 Å². The molecule has 7 nitrogen and oxygen atoms in total. The summed E-state index contributed by atoms with van der Waals surface area (Å²) >= 11 is 0. The van der Waals surface area contributed by atoms with Gasteiger partial charge in [0.25, 0.3) is 0 Å². The van der Waals surface area contributed by atoms with E-state index in [0.717, 1.165) is 25.8 Å². The molecule has 1 atom stereocenters. The summed E-state index contributed by atoms with van der Waals surface area (Å²) in [5.74, 6) is 0.545. The van der Waals surface area contributed by atoms with Crippen molar-refractivity contribution in [2.45, 2.75) is 58.2 Å². The zero-order valence-electron chi connectivity index (χ0n) is 13.3. The van der Waals surface area contributed by atoms with Crippen LogP contribution in [0.25, 0.3) is 0 Å². The Kier molecular flexibility index (Phi) is 4.82. The SMILES string of the molecule is CNC(=O)C1CCCCN1c1nnc(CNC(C)(C)C)o1. The first-order chi connectivity index (χ1) is 9.90. The predicted octanol–water partition coefficient (Wildman–Crippen LogP) is 1.06. The van der Waals surface area contributed by atoms with E-state index in [1.54, 1.807) is 7.05 Å². The molecule has 1 aromatic rings. The second-order valence-electron chi connectivity index (χ2n) is 6.40. The second-order valence-corrected chi connectivity index (χ2v) is 6.40. The van der Waals surface area contributed by atoms with Gasteiger partial charge in [-0.25, -0.2) is 0 Å². The lowest BCUT2D eigenvalue weighted by atomic mass is 10.0. The van der Waals surface area contributed by atoms with E-state index in [1.807, 2.05) is 4.90 Å². The van der Waals surface area contributed by atoms with E-state index in [1.165, 1.54) is 0 Å². The summed E-state index contributed by atoms with van der Waals surface area (Å²) in [7, 11) is 1.65. The lowest BCUT2D eigenvalue weighted by Crippen LogP contribution is -2.49. The third kappa shape index (κ3) is 4.17. The number of hydrogen-bond acceptors (Lipinski definition) is 6. The third-order valence-corrected chi connectivity index (χ3v) is 3.52. The Morgan fingerprint density at radius 2 is 2.14 bits per heavy atom. The highest BCUT2D eigenvalue weighted by Gasteiger charge is 2.31. The minimum atomic E-state index is -0.215. The number of likely N-dealkylation sites (N-methyl/N-ethyl adjacent to an activating group) is 1. The van der Waals surface area contributed by atoms with Crippen molar-refractivity contribution in [2.75, 3.05) is 18.5 Å². The smallest absolute Gasteiger partial charge is 0.318 e. The number of rotatable bonds is 4. The maximum absolute atomic E-state index is 12.0. The fraction of sp³-hybridized carbons (Fsp3) is 0.786. The van der Waals surface area contributed by atoms with Gasteiger partial charge in [-0.05, 0) is 40.0 Å². The molecule has 1 unspecified atom stereocenters. The number of amides is 1. The number of carbonyl (C=O) groups is 1. The Hall–Kier alpha value is -1.63. The van der Waals surface area contributed by atoms with Crippen LogP contribution in [0.2, 0.25) is 0 Å². The molecule has 0 aliphatic carbocycles. The van der Waals surface area contributed by atoms with Crippen LogP contribution < -0.4 is 15.5 Å². The molecule has 2 N–H and O–H groups in total. The van der Waals surface area contributed by atoms with Crippen LogP contribution in [0, 0.1) is 0 Å². The molecule has 2 rings (SSSR count). The van der Waals surface area contributed by atoms with Crippen molar-refractivity contribution in [1.29, 1.82) is 0 Å². The van der Waals surface area contributed by atoms with E-state index in [2.05, 4.69) is 41.6 Å². The van der Waals surface area contributed by atoms with Gasteiger partial charge in [-0.1, -0.05) is 5.10 Å². The van der Waals surface area contributed by atoms with Gasteiger partial charge in [-0.15, -0.1) is 5.10 Å². The molecule has 21 heavy (non-hydrogen) atoms. The zero-order valence-corrected chi connectivity index (χ0v) is 13.3. The molecular formula is C14H25N5O2. The average Bonchev–Trinajstić information content (AvgIpc) is 2.92. The van der Waals surface area contributed by atoms with Gasteiger partial charge in [0.15, 0.2) is 0 Å². The minimum Gasteiger partial charge on any atom is -0.407 e. The number of anilines is 1. The Morgan fingerprint density at radius 1 is 1.38 bits per heavy atom. The molecule has 1 amide bonds. The van der Waals surface area contributed by atoms with Gasteiger partial charge in [-0.2, -0.15) is 0 Å². The van der Waals surface area contributed by atoms with Gasteiger partial charge in [0.2, 0.25) is 11.8 Å². The summed E-state index contributed by atoms with van der Waals surface area (Å²) in [5.41, 5.74) is -0.00953. The summed E-state index contributed by atoms with van der Waals surface area (Å²) in [6.45, 7) is 7.53. The van der Waals surface area contributed by atoms with Crippen molar-refractivity contribution in [3.63, 3.8) is 0 Å². The van der Waals surface area contributed by atoms with Crippen LogP contribution in [-0.4, -0.2) is 41.3 Å². The van der Waals surface area contributed by atoms with Gasteiger partial charge < -0.3 is 20.0 Å². The molecule has 1 saturated heterocycles. The predicted molar refractivity (Wildman–Crippen MR) is 79.9 cm³/mol. The van der Waals surface area contributed by atoms with Gasteiger partial charge in [0.05, 0.1) is 6.54 Å². The molecule has 1 fully saturated rings. The Bertz CT molecular complexity index is 480. The molecule has 1 aliphatic rings. The first kappa shape index (κ1) is 15.8. The van der Waals surface area contributed by atoms with Crippen molar-refractivity contribution in [2.24, 2.45) is 0 Å². The van der Waals surface area contributed by atoms with E-state index < -0.39 is 0 Å². The maximum atomic E-state index is 12.0. The molecule has 1 aliphatic heterocycles. The second kappa shape index (κ2) is 6.43. The largest absolute Gasteiger partial charge is 0.407 e. The molecule has 0 spiro atoms. The molecule has 0 saturated carbocycles. The fourth-order valence-electron chi connectivity index (χ4n) is 2.37. The molecule has 118 valence electrons. The monoisotopic (exact) mass is 295 g/mol. The molecule has 2 heterocycles. The summed E-state index contributed by atoms with van der Waals surface area (Å²) < 4.78 is 5.70. The first-order valence-electron chi connectivity index (χ1n) is 7.46. The van der Waals surface area contributed by atoms with Crippen molar-refractivity contribution < 1.29 is 9.21 Å². The lowest BCUT2D eigenvalue weighted by Gasteiger charge is -2.32. The van der Waals surface area contributed by atoms with Crippen molar-refractivity contribution >= 4 is 11.9 Å². The standard InChI is InChI=1S/C14H25N5O2/c1-14(2,3)16-9-11-17-18-13(21-11)19-8-6-5-7-10(19)12(20)15-4/h10,16H,5-9H2,1-4H3,(H,15,20). The molecule has 0 aromatic carbocycles. The van der Waals surface area contributed by atoms with Crippen LogP contribution in [-0.2, 0) is 11.3 Å². The summed E-state index contributed by atoms with van der Waals surface area (Å²) in [6.07, 6.45) is 2.89. The average molecular weight is 295 g/mol. The number of piperidine rings is 1. The minimum absolute atomic E-state index is 0.00210. The normalized spacial score (nSPS) is 19.6. The molecule has 7 heteroatoms. The molecule has 0 radical (unpaired) electrons. The Labute approximate surface area is 125 Å². The van der Waals surface area contributed by atoms with Gasteiger partial charge in [0.1, 0.15) is 6.04 Å². The number of carbonyl (C=O) groups excluding carboxylic acids is 1.